The predicted molar refractivity (Wildman–Crippen MR) is 52.7 cm³/mol. The van der Waals surface area contributed by atoms with Gasteiger partial charge in [0.25, 0.3) is 0 Å². The van der Waals surface area contributed by atoms with Crippen LogP contribution in [-0.4, -0.2) is 29.1 Å². The molecule has 4 N–H and O–H groups in total. The number of carbonyl (C=O) groups excluding carboxylic acids is 1. The number of nitrogens with two attached hydrogens (primary N) is 1. The molecule has 1 unspecified atom stereocenters. The fraction of sp³-hybridized carbons (Fsp3) is 0.778. The number of hydrogen-bond acceptors (Lipinski definition) is 3. The third-order valence-corrected chi connectivity index (χ3v) is 2.02. The minimum Gasteiger partial charge on any atom is -0.480 e. The second-order valence-corrected chi connectivity index (χ2v) is 3.36. The van der Waals surface area contributed by atoms with Gasteiger partial charge >= 0.3 is 5.97 Å². The zero-order chi connectivity index (χ0) is 11.1. The summed E-state index contributed by atoms with van der Waals surface area (Å²) in [7, 11) is 0. The number of hydrogen-bond donors (Lipinski definition) is 3. The second-order valence-electron chi connectivity index (χ2n) is 3.36. The maximum absolute atomic E-state index is 11.2. The highest BCUT2D eigenvalue weighted by atomic mass is 16.4. The van der Waals surface area contributed by atoms with Crippen molar-refractivity contribution in [3.63, 3.8) is 0 Å². The molecule has 2 atom stereocenters. The molecular formula is C9H18N2O3. The summed E-state index contributed by atoms with van der Waals surface area (Å²) in [5, 5.41) is 11.2. The molecule has 0 aliphatic rings. The number of nitrogens with one attached hydrogen (secondary N) is 1. The summed E-state index contributed by atoms with van der Waals surface area (Å²) in [4.78, 5) is 21.5. The largest absolute Gasteiger partial charge is 0.480 e. The number of carboxylic acid groups (broad SMARTS) is 1. The number of rotatable bonds is 6. The Kier molecular flexibility index (Phi) is 5.87. The number of amides is 1. The first-order valence-corrected chi connectivity index (χ1v) is 4.75. The number of carboxylic acids is 1. The van der Waals surface area contributed by atoms with E-state index < -0.39 is 12.0 Å². The van der Waals surface area contributed by atoms with Crippen molar-refractivity contribution < 1.29 is 14.7 Å². The van der Waals surface area contributed by atoms with Crippen molar-refractivity contribution in [3.8, 4) is 0 Å². The van der Waals surface area contributed by atoms with Gasteiger partial charge in [-0.15, -0.1) is 0 Å². The van der Waals surface area contributed by atoms with E-state index in [0.29, 0.717) is 0 Å². The minimum atomic E-state index is -1.07. The van der Waals surface area contributed by atoms with Crippen LogP contribution in [0, 0.1) is 0 Å². The van der Waals surface area contributed by atoms with E-state index in [1.165, 1.54) is 0 Å². The van der Waals surface area contributed by atoms with Crippen molar-refractivity contribution in [1.29, 1.82) is 0 Å². The second kappa shape index (κ2) is 6.37. The summed E-state index contributed by atoms with van der Waals surface area (Å²) in [6.45, 7) is 3.86. The van der Waals surface area contributed by atoms with E-state index in [2.05, 4.69) is 5.32 Å². The van der Waals surface area contributed by atoms with Crippen LogP contribution in [0.4, 0.5) is 0 Å². The smallest absolute Gasteiger partial charge is 0.320 e. The lowest BCUT2D eigenvalue weighted by atomic mass is 10.1. The minimum absolute atomic E-state index is 0.128. The van der Waals surface area contributed by atoms with Gasteiger partial charge in [0.2, 0.25) is 5.91 Å². The standard InChI is InChI=1S/C9H18N2O3/c1-3-6(2)11-8(12)5-4-7(10)9(13)14/h6-7H,3-5,10H2,1-2H3,(H,11,12)(H,13,14)/t6?,7-/m0/s1. The van der Waals surface area contributed by atoms with Crippen molar-refractivity contribution >= 4 is 11.9 Å². The number of carbonyl (C=O) groups is 2. The zero-order valence-electron chi connectivity index (χ0n) is 8.62. The Morgan fingerprint density at radius 3 is 2.50 bits per heavy atom. The Balaban J connectivity index is 3.69. The van der Waals surface area contributed by atoms with E-state index >= 15 is 0 Å². The van der Waals surface area contributed by atoms with Crippen LogP contribution in [0.25, 0.3) is 0 Å². The van der Waals surface area contributed by atoms with Gasteiger partial charge in [-0.25, -0.2) is 0 Å². The molecule has 0 rings (SSSR count). The highest BCUT2D eigenvalue weighted by Gasteiger charge is 2.13. The summed E-state index contributed by atoms with van der Waals surface area (Å²) in [6.07, 6.45) is 1.20. The lowest BCUT2D eigenvalue weighted by Gasteiger charge is -2.11. The highest BCUT2D eigenvalue weighted by Crippen LogP contribution is 1.96. The fourth-order valence-electron chi connectivity index (χ4n) is 0.859. The summed E-state index contributed by atoms with van der Waals surface area (Å²) in [5.41, 5.74) is 5.25. The summed E-state index contributed by atoms with van der Waals surface area (Å²) < 4.78 is 0. The zero-order valence-corrected chi connectivity index (χ0v) is 8.62. The van der Waals surface area contributed by atoms with Gasteiger partial charge < -0.3 is 16.2 Å². The first kappa shape index (κ1) is 12.9. The monoisotopic (exact) mass is 202 g/mol. The Morgan fingerprint density at radius 2 is 2.07 bits per heavy atom. The van der Waals surface area contributed by atoms with Crippen molar-refractivity contribution in [2.24, 2.45) is 5.73 Å². The maximum Gasteiger partial charge on any atom is 0.320 e. The third kappa shape index (κ3) is 5.53. The SMILES string of the molecule is CCC(C)NC(=O)CC[C@H](N)C(=O)O. The molecule has 0 aliphatic heterocycles. The van der Waals surface area contributed by atoms with Crippen LogP contribution in [0.5, 0.6) is 0 Å². The highest BCUT2D eigenvalue weighted by molar-refractivity contribution is 5.78. The van der Waals surface area contributed by atoms with Gasteiger partial charge in [0.1, 0.15) is 6.04 Å². The van der Waals surface area contributed by atoms with Gasteiger partial charge in [-0.3, -0.25) is 9.59 Å². The molecule has 0 spiro atoms. The average molecular weight is 202 g/mol. The summed E-state index contributed by atoms with van der Waals surface area (Å²) in [6, 6.07) is -0.818. The van der Waals surface area contributed by atoms with Crippen LogP contribution in [0.2, 0.25) is 0 Å². The van der Waals surface area contributed by atoms with E-state index in [1.54, 1.807) is 0 Å². The topological polar surface area (TPSA) is 92.4 Å². The average Bonchev–Trinajstić information content (AvgIpc) is 2.13. The molecule has 0 fully saturated rings. The molecule has 0 saturated heterocycles. The first-order valence-electron chi connectivity index (χ1n) is 4.75. The molecule has 0 radical (unpaired) electrons. The van der Waals surface area contributed by atoms with Crippen LogP contribution < -0.4 is 11.1 Å². The van der Waals surface area contributed by atoms with Crippen molar-refractivity contribution in [1.82, 2.24) is 5.32 Å². The molecule has 0 aromatic carbocycles. The Morgan fingerprint density at radius 1 is 1.50 bits per heavy atom. The van der Waals surface area contributed by atoms with Crippen LogP contribution in [0.15, 0.2) is 0 Å². The Labute approximate surface area is 83.7 Å². The molecule has 0 aliphatic carbocycles. The van der Waals surface area contributed by atoms with E-state index in [4.69, 9.17) is 10.8 Å². The molecule has 0 aromatic heterocycles. The van der Waals surface area contributed by atoms with Crippen molar-refractivity contribution in [2.75, 3.05) is 0 Å². The van der Waals surface area contributed by atoms with Gasteiger partial charge in [-0.05, 0) is 19.8 Å². The maximum atomic E-state index is 11.2. The van der Waals surface area contributed by atoms with Gasteiger partial charge in [-0.1, -0.05) is 6.92 Å². The summed E-state index contributed by atoms with van der Waals surface area (Å²) in [5.74, 6) is -1.21. The molecule has 0 heterocycles. The molecule has 0 aromatic rings. The molecule has 0 bridgehead atoms. The van der Waals surface area contributed by atoms with Crippen LogP contribution in [0.1, 0.15) is 33.1 Å². The van der Waals surface area contributed by atoms with Crippen molar-refractivity contribution in [3.05, 3.63) is 0 Å². The van der Waals surface area contributed by atoms with E-state index in [9.17, 15) is 9.59 Å². The molecule has 14 heavy (non-hydrogen) atoms. The normalized spacial score (nSPS) is 14.5. The molecule has 0 saturated carbocycles. The Bertz CT molecular complexity index is 206. The molecule has 1 amide bonds. The van der Waals surface area contributed by atoms with Crippen LogP contribution in [-0.2, 0) is 9.59 Å². The lowest BCUT2D eigenvalue weighted by molar-refractivity contribution is -0.138. The van der Waals surface area contributed by atoms with Gasteiger partial charge in [0, 0.05) is 12.5 Å². The first-order chi connectivity index (χ1) is 6.47. The van der Waals surface area contributed by atoms with Gasteiger partial charge in [0.05, 0.1) is 0 Å². The molecular weight excluding hydrogens is 184 g/mol. The van der Waals surface area contributed by atoms with Crippen molar-refractivity contribution in [2.45, 2.75) is 45.2 Å². The Hall–Kier alpha value is -1.10. The van der Waals surface area contributed by atoms with Crippen LogP contribution in [0.3, 0.4) is 0 Å². The quantitative estimate of drug-likeness (QED) is 0.569. The summed E-state index contributed by atoms with van der Waals surface area (Å²) >= 11 is 0. The molecule has 5 nitrogen and oxygen atoms in total. The predicted octanol–water partition coefficient (Wildman–Crippen LogP) is 0.0932. The molecule has 5 heteroatoms. The fourth-order valence-corrected chi connectivity index (χ4v) is 0.859. The van der Waals surface area contributed by atoms with Gasteiger partial charge in [0.15, 0.2) is 0 Å². The molecule has 82 valence electrons. The lowest BCUT2D eigenvalue weighted by Crippen LogP contribution is -2.35. The van der Waals surface area contributed by atoms with Crippen LogP contribution >= 0.6 is 0 Å². The van der Waals surface area contributed by atoms with E-state index in [1.807, 2.05) is 13.8 Å². The third-order valence-electron chi connectivity index (χ3n) is 2.02. The number of aliphatic carboxylic acids is 1. The van der Waals surface area contributed by atoms with E-state index in [-0.39, 0.29) is 24.8 Å². The van der Waals surface area contributed by atoms with E-state index in [0.717, 1.165) is 6.42 Å². The van der Waals surface area contributed by atoms with Gasteiger partial charge in [-0.2, -0.15) is 0 Å².